The number of aromatic nitrogens is 4. The maximum atomic E-state index is 5.20. The molecule has 0 radical (unpaired) electrons. The zero-order valence-electron chi connectivity index (χ0n) is 31.6. The highest BCUT2D eigenvalue weighted by Gasteiger charge is 2.41. The van der Waals surface area contributed by atoms with Crippen LogP contribution in [0.2, 0.25) is 0 Å². The highest BCUT2D eigenvalue weighted by Crippen LogP contribution is 2.58. The molecule has 0 N–H and O–H groups in total. The van der Waals surface area contributed by atoms with E-state index in [1.807, 2.05) is 12.1 Å². The fraction of sp³-hybridized carbons (Fsp3) is 0.0566. The minimum Gasteiger partial charge on any atom is -0.307 e. The van der Waals surface area contributed by atoms with E-state index in [0.717, 1.165) is 39.1 Å². The van der Waals surface area contributed by atoms with E-state index in [4.69, 9.17) is 9.97 Å². The molecule has 1 aliphatic rings. The molecule has 0 bridgehead atoms. The smallest absolute Gasteiger partial charge is 0.160 e. The summed E-state index contributed by atoms with van der Waals surface area (Å²) < 4.78 is 5.00. The Morgan fingerprint density at radius 3 is 1.70 bits per heavy atom. The second-order valence-electron chi connectivity index (χ2n) is 15.7. The molecule has 268 valence electrons. The van der Waals surface area contributed by atoms with Crippen molar-refractivity contribution in [2.75, 3.05) is 0 Å². The van der Waals surface area contributed by atoms with Crippen molar-refractivity contribution in [3.05, 3.63) is 193 Å². The van der Waals surface area contributed by atoms with Gasteiger partial charge in [-0.25, -0.2) is 9.97 Å². The van der Waals surface area contributed by atoms with Gasteiger partial charge in [-0.3, -0.25) is 0 Å². The zero-order chi connectivity index (χ0) is 37.8. The van der Waals surface area contributed by atoms with Crippen LogP contribution in [-0.2, 0) is 5.41 Å². The summed E-state index contributed by atoms with van der Waals surface area (Å²) in [4.78, 5) is 10.3. The largest absolute Gasteiger partial charge is 0.307 e. The van der Waals surface area contributed by atoms with Crippen molar-refractivity contribution in [1.82, 2.24) is 19.1 Å². The van der Waals surface area contributed by atoms with Crippen molar-refractivity contribution in [1.29, 1.82) is 0 Å². The molecule has 0 saturated heterocycles. The Bertz CT molecular complexity index is 3410. The first-order valence-corrected chi connectivity index (χ1v) is 19.7. The first kappa shape index (κ1) is 32.0. The molecule has 0 amide bonds. The van der Waals surface area contributed by atoms with E-state index in [2.05, 4.69) is 193 Å². The quantitative estimate of drug-likeness (QED) is 0.181. The lowest BCUT2D eigenvalue weighted by Crippen LogP contribution is -2.15. The summed E-state index contributed by atoms with van der Waals surface area (Å²) in [5, 5.41) is 6.17. The van der Waals surface area contributed by atoms with Crippen molar-refractivity contribution in [3.8, 4) is 45.1 Å². The average Bonchev–Trinajstić information content (AvgIpc) is 3.87. The number of benzene rings is 8. The van der Waals surface area contributed by atoms with Crippen LogP contribution in [0.3, 0.4) is 0 Å². The molecule has 1 aliphatic carbocycles. The fourth-order valence-electron chi connectivity index (χ4n) is 9.85. The number of rotatable bonds is 4. The zero-order valence-corrected chi connectivity index (χ0v) is 31.6. The Hall–Kier alpha value is -7.30. The summed E-state index contributed by atoms with van der Waals surface area (Å²) in [5.41, 5.74) is 16.2. The van der Waals surface area contributed by atoms with Crippen LogP contribution in [0.1, 0.15) is 25.0 Å². The molecule has 0 fully saturated rings. The van der Waals surface area contributed by atoms with Crippen molar-refractivity contribution in [2.24, 2.45) is 0 Å². The Kier molecular flexibility index (Phi) is 6.65. The van der Waals surface area contributed by atoms with Crippen LogP contribution >= 0.6 is 0 Å². The predicted molar refractivity (Wildman–Crippen MR) is 237 cm³/mol. The molecule has 3 heterocycles. The van der Waals surface area contributed by atoms with Crippen LogP contribution in [0, 0.1) is 0 Å². The van der Waals surface area contributed by atoms with Crippen molar-refractivity contribution in [3.63, 3.8) is 0 Å². The van der Waals surface area contributed by atoms with Gasteiger partial charge in [-0.05, 0) is 76.9 Å². The van der Waals surface area contributed by atoms with Crippen molar-refractivity contribution < 1.29 is 0 Å². The molecule has 0 spiro atoms. The third-order valence-corrected chi connectivity index (χ3v) is 12.3. The molecule has 4 nitrogen and oxygen atoms in total. The summed E-state index contributed by atoms with van der Waals surface area (Å²) in [5.74, 6) is 0.713. The van der Waals surface area contributed by atoms with E-state index in [1.165, 1.54) is 65.9 Å². The highest BCUT2D eigenvalue weighted by molar-refractivity contribution is 6.31. The van der Waals surface area contributed by atoms with Crippen molar-refractivity contribution >= 4 is 54.5 Å². The molecule has 0 saturated carbocycles. The molecule has 0 atom stereocenters. The molecule has 8 aromatic carbocycles. The molecular formula is C53H36N4. The van der Waals surface area contributed by atoms with Gasteiger partial charge in [0.05, 0.1) is 33.3 Å². The van der Waals surface area contributed by atoms with Gasteiger partial charge >= 0.3 is 0 Å². The molecule has 0 aliphatic heterocycles. The average molecular weight is 729 g/mol. The number of hydrogen-bond acceptors (Lipinski definition) is 2. The third-order valence-electron chi connectivity index (χ3n) is 12.3. The van der Waals surface area contributed by atoms with Gasteiger partial charge in [-0.1, -0.05) is 141 Å². The van der Waals surface area contributed by atoms with Crippen LogP contribution in [-0.4, -0.2) is 19.1 Å². The summed E-state index contributed by atoms with van der Waals surface area (Å²) in [6.07, 6.45) is 0. The topological polar surface area (TPSA) is 35.6 Å². The summed E-state index contributed by atoms with van der Waals surface area (Å²) >= 11 is 0. The van der Waals surface area contributed by atoms with Crippen molar-refractivity contribution in [2.45, 2.75) is 19.3 Å². The molecule has 4 heteroatoms. The Morgan fingerprint density at radius 1 is 0.439 bits per heavy atom. The van der Waals surface area contributed by atoms with Gasteiger partial charge in [0.15, 0.2) is 5.82 Å². The number of nitrogens with zero attached hydrogens (tertiary/aromatic N) is 4. The van der Waals surface area contributed by atoms with E-state index in [0.29, 0.717) is 5.82 Å². The van der Waals surface area contributed by atoms with Crippen LogP contribution in [0.25, 0.3) is 99.7 Å². The van der Waals surface area contributed by atoms with E-state index >= 15 is 0 Å². The van der Waals surface area contributed by atoms with Gasteiger partial charge in [0.1, 0.15) is 0 Å². The van der Waals surface area contributed by atoms with Crippen LogP contribution < -0.4 is 0 Å². The minimum atomic E-state index is -0.225. The summed E-state index contributed by atoms with van der Waals surface area (Å²) in [6.45, 7) is 4.82. The third kappa shape index (κ3) is 4.44. The lowest BCUT2D eigenvalue weighted by molar-refractivity contribution is 0.667. The van der Waals surface area contributed by atoms with Gasteiger partial charge in [0.25, 0.3) is 0 Å². The molecular weight excluding hydrogens is 693 g/mol. The van der Waals surface area contributed by atoms with Gasteiger partial charge in [0.2, 0.25) is 0 Å². The molecule has 57 heavy (non-hydrogen) atoms. The summed E-state index contributed by atoms with van der Waals surface area (Å²) in [6, 6.07) is 65.4. The van der Waals surface area contributed by atoms with E-state index in [9.17, 15) is 0 Å². The van der Waals surface area contributed by atoms with E-state index < -0.39 is 0 Å². The van der Waals surface area contributed by atoms with Gasteiger partial charge in [-0.2, -0.15) is 0 Å². The first-order chi connectivity index (χ1) is 28.1. The standard InChI is InChI=1S/C53H36N4/c1-53(2)41-25-13-9-21-37(41)45-46-39-23-11-15-27-43(39)56(35-19-7-4-8-20-35)50(46)51-47(48(45)53)40-24-12-16-28-44(40)57(51)36-31-29-34(30-32-36)52-54-42-26-14-10-22-38(42)49(55-52)33-17-5-3-6-18-33/h3-32H,1-2H3. The molecule has 12 rings (SSSR count). The Morgan fingerprint density at radius 2 is 0.982 bits per heavy atom. The normalized spacial score (nSPS) is 13.2. The first-order valence-electron chi connectivity index (χ1n) is 19.7. The Labute approximate surface area is 329 Å². The number of hydrogen-bond donors (Lipinski definition) is 0. The van der Waals surface area contributed by atoms with Gasteiger partial charge < -0.3 is 9.13 Å². The molecule has 11 aromatic rings. The van der Waals surface area contributed by atoms with Crippen LogP contribution in [0.4, 0.5) is 0 Å². The Balaban J connectivity index is 1.20. The van der Waals surface area contributed by atoms with Gasteiger partial charge in [0, 0.05) is 54.8 Å². The second kappa shape index (κ2) is 11.8. The second-order valence-corrected chi connectivity index (χ2v) is 15.7. The van der Waals surface area contributed by atoms with Gasteiger partial charge in [-0.15, -0.1) is 0 Å². The fourth-order valence-corrected chi connectivity index (χ4v) is 9.85. The lowest BCUT2D eigenvalue weighted by Gasteiger charge is -2.23. The molecule has 0 unspecified atom stereocenters. The highest BCUT2D eigenvalue weighted by atomic mass is 15.0. The maximum absolute atomic E-state index is 5.20. The van der Waals surface area contributed by atoms with E-state index in [1.54, 1.807) is 0 Å². The maximum Gasteiger partial charge on any atom is 0.160 e. The number of fused-ring (bicyclic) bond motifs is 13. The number of para-hydroxylation sites is 4. The lowest BCUT2D eigenvalue weighted by atomic mass is 9.80. The van der Waals surface area contributed by atoms with E-state index in [-0.39, 0.29) is 5.41 Å². The molecule has 3 aromatic heterocycles. The minimum absolute atomic E-state index is 0.225. The summed E-state index contributed by atoms with van der Waals surface area (Å²) in [7, 11) is 0. The monoisotopic (exact) mass is 728 g/mol. The van der Waals surface area contributed by atoms with Crippen LogP contribution in [0.5, 0.6) is 0 Å². The predicted octanol–water partition coefficient (Wildman–Crippen LogP) is 13.5. The van der Waals surface area contributed by atoms with Crippen LogP contribution in [0.15, 0.2) is 182 Å². The SMILES string of the molecule is CC1(C)c2ccccc2-c2c1c1c3ccccc3n(-c3ccc(-c4nc(-c5ccccc5)c5ccccc5n4)cc3)c1c1c2c2ccccc2n1-c1ccccc1.